The van der Waals surface area contributed by atoms with Crippen LogP contribution in [0.4, 0.5) is 5.69 Å². The van der Waals surface area contributed by atoms with Crippen molar-refractivity contribution in [1.29, 1.82) is 0 Å². The average molecular weight is 335 g/mol. The van der Waals surface area contributed by atoms with Gasteiger partial charge in [-0.2, -0.15) is 0 Å². The molecule has 0 aromatic heterocycles. The van der Waals surface area contributed by atoms with E-state index in [1.807, 2.05) is 0 Å². The summed E-state index contributed by atoms with van der Waals surface area (Å²) in [5.74, 6) is 0.962. The van der Waals surface area contributed by atoms with Crippen molar-refractivity contribution >= 4 is 21.6 Å². The van der Waals surface area contributed by atoms with Gasteiger partial charge in [-0.25, -0.2) is 0 Å². The van der Waals surface area contributed by atoms with Crippen LogP contribution >= 0.6 is 15.9 Å². The lowest BCUT2D eigenvalue weighted by Gasteiger charge is -2.27. The van der Waals surface area contributed by atoms with Crippen LogP contribution in [0.1, 0.15) is 44.1 Å². The second kappa shape index (κ2) is 5.34. The van der Waals surface area contributed by atoms with E-state index in [9.17, 15) is 0 Å². The molecule has 4 rings (SSSR count). The van der Waals surface area contributed by atoms with Gasteiger partial charge >= 0.3 is 0 Å². The Labute approximate surface area is 130 Å². The summed E-state index contributed by atoms with van der Waals surface area (Å²) in [6.07, 6.45) is 8.37. The van der Waals surface area contributed by atoms with Crippen molar-refractivity contribution in [3.8, 4) is 0 Å². The maximum absolute atomic E-state index is 3.68. The quantitative estimate of drug-likeness (QED) is 0.808. The Morgan fingerprint density at radius 1 is 1.10 bits per heavy atom. The van der Waals surface area contributed by atoms with Gasteiger partial charge in [0, 0.05) is 35.3 Å². The molecule has 0 radical (unpaired) electrons. The molecule has 20 heavy (non-hydrogen) atoms. The van der Waals surface area contributed by atoms with Crippen LogP contribution in [-0.4, -0.2) is 18.6 Å². The van der Waals surface area contributed by atoms with Gasteiger partial charge in [-0.05, 0) is 68.2 Å². The lowest BCUT2D eigenvalue weighted by molar-refractivity contribution is 0.673. The molecular weight excluding hydrogens is 312 g/mol. The molecule has 0 saturated heterocycles. The molecule has 0 aliphatic heterocycles. The summed E-state index contributed by atoms with van der Waals surface area (Å²) in [6.45, 7) is 2.30. The van der Waals surface area contributed by atoms with E-state index < -0.39 is 0 Å². The van der Waals surface area contributed by atoms with E-state index in [1.165, 1.54) is 60.8 Å². The zero-order chi connectivity index (χ0) is 13.5. The molecule has 1 aromatic carbocycles. The van der Waals surface area contributed by atoms with Crippen molar-refractivity contribution in [3.63, 3.8) is 0 Å². The fourth-order valence-corrected chi connectivity index (χ4v) is 3.34. The number of halogens is 1. The number of nitrogens with one attached hydrogen (secondary N) is 1. The molecular formula is C17H23BrN2. The van der Waals surface area contributed by atoms with Crippen molar-refractivity contribution in [2.45, 2.75) is 57.2 Å². The molecule has 3 aliphatic rings. The van der Waals surface area contributed by atoms with Gasteiger partial charge in [-0.15, -0.1) is 0 Å². The van der Waals surface area contributed by atoms with Crippen LogP contribution < -0.4 is 10.2 Å². The minimum absolute atomic E-state index is 0.777. The molecule has 0 spiro atoms. The summed E-state index contributed by atoms with van der Waals surface area (Å²) < 4.78 is 1.20. The average Bonchev–Trinajstić information content (AvgIpc) is 3.24. The Balaban J connectivity index is 1.56. The fraction of sp³-hybridized carbons (Fsp3) is 0.647. The molecule has 2 nitrogen and oxygen atoms in total. The predicted octanol–water partition coefficient (Wildman–Crippen LogP) is 4.08. The van der Waals surface area contributed by atoms with Crippen molar-refractivity contribution < 1.29 is 0 Å². The van der Waals surface area contributed by atoms with Crippen molar-refractivity contribution in [2.24, 2.45) is 5.92 Å². The molecule has 0 unspecified atom stereocenters. The summed E-state index contributed by atoms with van der Waals surface area (Å²) in [5.41, 5.74) is 2.95. The van der Waals surface area contributed by atoms with E-state index >= 15 is 0 Å². The highest BCUT2D eigenvalue weighted by Gasteiger charge is 2.34. The Morgan fingerprint density at radius 3 is 2.55 bits per heavy atom. The van der Waals surface area contributed by atoms with Crippen LogP contribution in [0, 0.1) is 5.92 Å². The fourth-order valence-electron chi connectivity index (χ4n) is 2.93. The van der Waals surface area contributed by atoms with Crippen molar-refractivity contribution in [1.82, 2.24) is 5.32 Å². The van der Waals surface area contributed by atoms with E-state index in [0.29, 0.717) is 0 Å². The molecule has 0 bridgehead atoms. The molecule has 0 amide bonds. The summed E-state index contributed by atoms with van der Waals surface area (Å²) in [7, 11) is 0. The zero-order valence-corrected chi connectivity index (χ0v) is 13.5. The van der Waals surface area contributed by atoms with E-state index in [4.69, 9.17) is 0 Å². The van der Waals surface area contributed by atoms with E-state index in [0.717, 1.165) is 24.5 Å². The molecule has 3 saturated carbocycles. The van der Waals surface area contributed by atoms with E-state index in [2.05, 4.69) is 44.3 Å². The lowest BCUT2D eigenvalue weighted by Crippen LogP contribution is -2.30. The molecule has 0 heterocycles. The molecule has 3 heteroatoms. The summed E-state index contributed by atoms with van der Waals surface area (Å²) in [4.78, 5) is 2.70. The summed E-state index contributed by atoms with van der Waals surface area (Å²) >= 11 is 3.64. The smallest absolute Gasteiger partial charge is 0.0415 e. The van der Waals surface area contributed by atoms with Crippen LogP contribution in [0.25, 0.3) is 0 Å². The van der Waals surface area contributed by atoms with Gasteiger partial charge < -0.3 is 10.2 Å². The van der Waals surface area contributed by atoms with Gasteiger partial charge in [-0.3, -0.25) is 0 Å². The highest BCUT2D eigenvalue weighted by atomic mass is 79.9. The Hall–Kier alpha value is -0.540. The highest BCUT2D eigenvalue weighted by Crippen LogP contribution is 2.39. The van der Waals surface area contributed by atoms with Gasteiger partial charge in [0.1, 0.15) is 0 Å². The van der Waals surface area contributed by atoms with Gasteiger partial charge in [0.15, 0.2) is 0 Å². The number of hydrogen-bond acceptors (Lipinski definition) is 2. The largest absolute Gasteiger partial charge is 0.368 e. The zero-order valence-electron chi connectivity index (χ0n) is 11.9. The van der Waals surface area contributed by atoms with Crippen molar-refractivity contribution in [3.05, 3.63) is 28.2 Å². The molecule has 1 aromatic rings. The van der Waals surface area contributed by atoms with E-state index in [1.54, 1.807) is 0 Å². The van der Waals surface area contributed by atoms with Crippen LogP contribution in [-0.2, 0) is 6.54 Å². The standard InChI is InChI=1S/C17H23BrN2/c18-14-3-8-17(13(9-14)10-19-15-4-5-15)20(16-6-7-16)11-12-1-2-12/h3,8-9,12,15-16,19H,1-2,4-7,10-11H2. The minimum Gasteiger partial charge on any atom is -0.368 e. The maximum Gasteiger partial charge on any atom is 0.0415 e. The molecule has 108 valence electrons. The minimum atomic E-state index is 0.777. The first-order valence-electron chi connectivity index (χ1n) is 8.08. The van der Waals surface area contributed by atoms with Gasteiger partial charge in [0.25, 0.3) is 0 Å². The first kappa shape index (κ1) is 13.1. The van der Waals surface area contributed by atoms with Crippen LogP contribution in [0.3, 0.4) is 0 Å². The molecule has 3 aliphatic carbocycles. The summed E-state index contributed by atoms with van der Waals surface area (Å²) in [6, 6.07) is 8.44. The summed E-state index contributed by atoms with van der Waals surface area (Å²) in [5, 5.41) is 3.68. The number of anilines is 1. The Kier molecular flexibility index (Phi) is 3.51. The van der Waals surface area contributed by atoms with Gasteiger partial charge in [-0.1, -0.05) is 15.9 Å². The first-order valence-corrected chi connectivity index (χ1v) is 8.87. The van der Waals surface area contributed by atoms with Gasteiger partial charge in [0.05, 0.1) is 0 Å². The molecule has 0 atom stereocenters. The second-order valence-corrected chi connectivity index (χ2v) is 7.67. The second-order valence-electron chi connectivity index (χ2n) is 6.76. The third-order valence-corrected chi connectivity index (χ3v) is 5.14. The Bertz CT molecular complexity index is 490. The third-order valence-electron chi connectivity index (χ3n) is 4.65. The predicted molar refractivity (Wildman–Crippen MR) is 87.1 cm³/mol. The Morgan fingerprint density at radius 2 is 1.90 bits per heavy atom. The highest BCUT2D eigenvalue weighted by molar-refractivity contribution is 9.10. The first-order chi connectivity index (χ1) is 9.79. The number of nitrogens with zero attached hydrogens (tertiary/aromatic N) is 1. The van der Waals surface area contributed by atoms with Gasteiger partial charge in [0.2, 0.25) is 0 Å². The number of hydrogen-bond donors (Lipinski definition) is 1. The van der Waals surface area contributed by atoms with E-state index in [-0.39, 0.29) is 0 Å². The maximum atomic E-state index is 3.68. The molecule has 1 N–H and O–H groups in total. The van der Waals surface area contributed by atoms with Crippen molar-refractivity contribution in [2.75, 3.05) is 11.4 Å². The number of benzene rings is 1. The number of rotatable bonds is 7. The monoisotopic (exact) mass is 334 g/mol. The van der Waals surface area contributed by atoms with Crippen LogP contribution in [0.15, 0.2) is 22.7 Å². The SMILES string of the molecule is Brc1ccc(N(CC2CC2)C2CC2)c(CNC2CC2)c1. The lowest BCUT2D eigenvalue weighted by atomic mass is 10.1. The van der Waals surface area contributed by atoms with Crippen LogP contribution in [0.2, 0.25) is 0 Å². The normalized spacial score (nSPS) is 22.1. The van der Waals surface area contributed by atoms with Crippen LogP contribution in [0.5, 0.6) is 0 Å². The third kappa shape index (κ3) is 3.20. The topological polar surface area (TPSA) is 15.3 Å². The molecule has 3 fully saturated rings.